The number of benzene rings is 1. The van der Waals surface area contributed by atoms with Crippen molar-refractivity contribution in [2.75, 3.05) is 7.11 Å². The first kappa shape index (κ1) is 13.1. The quantitative estimate of drug-likeness (QED) is 0.756. The fourth-order valence-electron chi connectivity index (χ4n) is 2.78. The zero-order valence-corrected chi connectivity index (χ0v) is 11.2. The summed E-state index contributed by atoms with van der Waals surface area (Å²) < 4.78 is 5.31. The molecule has 2 nitrogen and oxygen atoms in total. The van der Waals surface area contributed by atoms with Crippen molar-refractivity contribution in [3.63, 3.8) is 0 Å². The van der Waals surface area contributed by atoms with E-state index in [-0.39, 0.29) is 5.92 Å². The van der Waals surface area contributed by atoms with Gasteiger partial charge in [-0.2, -0.15) is 0 Å². The second-order valence-corrected chi connectivity index (χ2v) is 5.14. The molecular formula is C16H22O2. The maximum Gasteiger partial charge on any atom is 0.140 e. The minimum Gasteiger partial charge on any atom is -0.496 e. The van der Waals surface area contributed by atoms with Gasteiger partial charge < -0.3 is 4.74 Å². The van der Waals surface area contributed by atoms with Crippen LogP contribution in [0.15, 0.2) is 24.3 Å². The summed E-state index contributed by atoms with van der Waals surface area (Å²) in [7, 11) is 1.66. The molecule has 1 saturated carbocycles. The van der Waals surface area contributed by atoms with Gasteiger partial charge in [0.1, 0.15) is 11.5 Å². The van der Waals surface area contributed by atoms with E-state index in [4.69, 9.17) is 4.74 Å². The van der Waals surface area contributed by atoms with Gasteiger partial charge in [-0.25, -0.2) is 0 Å². The number of rotatable bonds is 4. The molecule has 0 aliphatic heterocycles. The van der Waals surface area contributed by atoms with Gasteiger partial charge in [-0.3, -0.25) is 4.79 Å². The Morgan fingerprint density at radius 2 is 1.83 bits per heavy atom. The molecule has 0 amide bonds. The van der Waals surface area contributed by atoms with Crippen LogP contribution in [-0.2, 0) is 11.2 Å². The lowest BCUT2D eigenvalue weighted by Crippen LogP contribution is -2.16. The largest absolute Gasteiger partial charge is 0.496 e. The average Bonchev–Trinajstić information content (AvgIpc) is 2.68. The molecule has 0 atom stereocenters. The molecule has 0 unspecified atom stereocenters. The summed E-state index contributed by atoms with van der Waals surface area (Å²) in [5.74, 6) is 1.50. The van der Waals surface area contributed by atoms with E-state index < -0.39 is 0 Å². The van der Waals surface area contributed by atoms with Gasteiger partial charge in [0.15, 0.2) is 0 Å². The minimum absolute atomic E-state index is 0.275. The fourth-order valence-corrected chi connectivity index (χ4v) is 2.78. The lowest BCUT2D eigenvalue weighted by Gasteiger charge is -2.14. The van der Waals surface area contributed by atoms with Gasteiger partial charge in [0.25, 0.3) is 0 Å². The number of ether oxygens (including phenoxy) is 1. The highest BCUT2D eigenvalue weighted by Crippen LogP contribution is 2.26. The number of carbonyl (C=O) groups excluding carboxylic acids is 1. The van der Waals surface area contributed by atoms with Gasteiger partial charge in [-0.1, -0.05) is 43.9 Å². The van der Waals surface area contributed by atoms with Gasteiger partial charge in [0.05, 0.1) is 7.11 Å². The van der Waals surface area contributed by atoms with Crippen molar-refractivity contribution >= 4 is 5.78 Å². The van der Waals surface area contributed by atoms with Crippen LogP contribution in [0.4, 0.5) is 0 Å². The molecule has 1 aliphatic rings. The molecule has 18 heavy (non-hydrogen) atoms. The molecule has 2 rings (SSSR count). The zero-order valence-electron chi connectivity index (χ0n) is 11.2. The van der Waals surface area contributed by atoms with Gasteiger partial charge in [-0.15, -0.1) is 0 Å². The molecule has 1 aliphatic carbocycles. The number of carbonyl (C=O) groups is 1. The molecule has 0 N–H and O–H groups in total. The molecule has 0 spiro atoms. The molecule has 0 saturated heterocycles. The third-order valence-electron chi connectivity index (χ3n) is 3.87. The summed E-state index contributed by atoms with van der Waals surface area (Å²) in [6, 6.07) is 7.83. The Hall–Kier alpha value is -1.31. The summed E-state index contributed by atoms with van der Waals surface area (Å²) in [5.41, 5.74) is 1.02. The summed E-state index contributed by atoms with van der Waals surface area (Å²) >= 11 is 0. The Balaban J connectivity index is 2.01. The third kappa shape index (κ3) is 3.34. The predicted molar refractivity (Wildman–Crippen MR) is 72.9 cm³/mol. The summed E-state index contributed by atoms with van der Waals surface area (Å²) in [4.78, 5) is 12.3. The monoisotopic (exact) mass is 246 g/mol. The van der Waals surface area contributed by atoms with Crippen LogP contribution in [0, 0.1) is 5.92 Å². The SMILES string of the molecule is COc1ccccc1CC(=O)C1CCCCCC1. The van der Waals surface area contributed by atoms with Crippen molar-refractivity contribution in [3.8, 4) is 5.75 Å². The van der Waals surface area contributed by atoms with Crippen LogP contribution in [0.3, 0.4) is 0 Å². The number of hydrogen-bond donors (Lipinski definition) is 0. The topological polar surface area (TPSA) is 26.3 Å². The average molecular weight is 246 g/mol. The Morgan fingerprint density at radius 3 is 2.50 bits per heavy atom. The standard InChI is InChI=1S/C16H22O2/c1-18-16-11-7-6-10-14(16)12-15(17)13-8-4-2-3-5-9-13/h6-7,10-11,13H,2-5,8-9,12H2,1H3. The van der Waals surface area contributed by atoms with Crippen molar-refractivity contribution in [1.82, 2.24) is 0 Å². The van der Waals surface area contributed by atoms with Crippen LogP contribution < -0.4 is 4.74 Å². The van der Waals surface area contributed by atoms with Gasteiger partial charge in [0, 0.05) is 17.9 Å². The van der Waals surface area contributed by atoms with Gasteiger partial charge >= 0.3 is 0 Å². The Labute approximate surface area is 109 Å². The van der Waals surface area contributed by atoms with E-state index >= 15 is 0 Å². The van der Waals surface area contributed by atoms with Gasteiger partial charge in [0.2, 0.25) is 0 Å². The highest BCUT2D eigenvalue weighted by atomic mass is 16.5. The van der Waals surface area contributed by atoms with Crippen molar-refractivity contribution in [2.45, 2.75) is 44.9 Å². The maximum absolute atomic E-state index is 12.3. The molecular weight excluding hydrogens is 224 g/mol. The van der Waals surface area contributed by atoms with Crippen molar-refractivity contribution in [1.29, 1.82) is 0 Å². The summed E-state index contributed by atoms with van der Waals surface area (Å²) in [5, 5.41) is 0. The fraction of sp³-hybridized carbons (Fsp3) is 0.562. The number of para-hydroxylation sites is 1. The lowest BCUT2D eigenvalue weighted by atomic mass is 9.91. The first-order chi connectivity index (χ1) is 8.81. The van der Waals surface area contributed by atoms with Crippen LogP contribution >= 0.6 is 0 Å². The Bertz CT molecular complexity index is 390. The molecule has 98 valence electrons. The zero-order chi connectivity index (χ0) is 12.8. The molecule has 0 radical (unpaired) electrons. The highest BCUT2D eigenvalue weighted by Gasteiger charge is 2.20. The number of ketones is 1. The van der Waals surface area contributed by atoms with E-state index in [1.54, 1.807) is 7.11 Å². The molecule has 1 fully saturated rings. The third-order valence-corrected chi connectivity index (χ3v) is 3.87. The van der Waals surface area contributed by atoms with Crippen LogP contribution in [0.1, 0.15) is 44.1 Å². The van der Waals surface area contributed by atoms with E-state index in [1.165, 1.54) is 25.7 Å². The van der Waals surface area contributed by atoms with Crippen LogP contribution in [-0.4, -0.2) is 12.9 Å². The normalized spacial score (nSPS) is 17.2. The van der Waals surface area contributed by atoms with E-state index in [2.05, 4.69) is 0 Å². The molecule has 0 bridgehead atoms. The smallest absolute Gasteiger partial charge is 0.140 e. The Kier molecular flexibility index (Phi) is 4.80. The molecule has 2 heteroatoms. The van der Waals surface area contributed by atoms with Gasteiger partial charge in [-0.05, 0) is 18.9 Å². The number of hydrogen-bond acceptors (Lipinski definition) is 2. The summed E-state index contributed by atoms with van der Waals surface area (Å²) in [6.45, 7) is 0. The first-order valence-electron chi connectivity index (χ1n) is 6.96. The van der Waals surface area contributed by atoms with Crippen molar-refractivity contribution in [3.05, 3.63) is 29.8 Å². The maximum atomic E-state index is 12.3. The van der Waals surface area contributed by atoms with E-state index in [9.17, 15) is 4.79 Å². The van der Waals surface area contributed by atoms with E-state index in [0.29, 0.717) is 12.2 Å². The second-order valence-electron chi connectivity index (χ2n) is 5.14. The second kappa shape index (κ2) is 6.58. The predicted octanol–water partition coefficient (Wildman–Crippen LogP) is 3.78. The number of methoxy groups -OCH3 is 1. The van der Waals surface area contributed by atoms with Crippen molar-refractivity contribution < 1.29 is 9.53 Å². The van der Waals surface area contributed by atoms with Crippen LogP contribution in [0.2, 0.25) is 0 Å². The van der Waals surface area contributed by atoms with Crippen LogP contribution in [0.5, 0.6) is 5.75 Å². The van der Waals surface area contributed by atoms with E-state index in [0.717, 1.165) is 24.2 Å². The van der Waals surface area contributed by atoms with E-state index in [1.807, 2.05) is 24.3 Å². The van der Waals surface area contributed by atoms with Crippen molar-refractivity contribution in [2.24, 2.45) is 5.92 Å². The minimum atomic E-state index is 0.275. The lowest BCUT2D eigenvalue weighted by molar-refractivity contribution is -0.122. The molecule has 0 aromatic heterocycles. The highest BCUT2D eigenvalue weighted by molar-refractivity contribution is 5.83. The molecule has 1 aromatic rings. The Morgan fingerprint density at radius 1 is 1.17 bits per heavy atom. The van der Waals surface area contributed by atoms with Crippen LogP contribution in [0.25, 0.3) is 0 Å². The summed E-state index contributed by atoms with van der Waals surface area (Å²) in [6.07, 6.45) is 7.68. The molecule has 1 aromatic carbocycles. The molecule has 0 heterocycles. The first-order valence-corrected chi connectivity index (χ1v) is 6.96. The number of Topliss-reactive ketones (excluding diaryl/α,β-unsaturated/α-hetero) is 1.